The van der Waals surface area contributed by atoms with Crippen LogP contribution in [0.3, 0.4) is 0 Å². The molecule has 2 aromatic heterocycles. The van der Waals surface area contributed by atoms with Crippen molar-refractivity contribution < 1.29 is 10.2 Å². The van der Waals surface area contributed by atoms with E-state index in [0.717, 1.165) is 0 Å². The number of fused-ring (bicyclic) bond motifs is 1. The van der Waals surface area contributed by atoms with Crippen LogP contribution in [0.5, 0.6) is 0 Å². The van der Waals surface area contributed by atoms with Crippen LogP contribution in [-0.2, 0) is 0 Å². The van der Waals surface area contributed by atoms with E-state index in [-0.39, 0.29) is 18.6 Å². The van der Waals surface area contributed by atoms with Crippen molar-refractivity contribution in [2.24, 2.45) is 5.92 Å². The normalized spacial score (nSPS) is 27.1. The number of rotatable bonds is 2. The minimum Gasteiger partial charge on any atom is -0.396 e. The highest BCUT2D eigenvalue weighted by Gasteiger charge is 2.31. The first-order valence-electron chi connectivity index (χ1n) is 5.62. The summed E-state index contributed by atoms with van der Waals surface area (Å²) in [7, 11) is 0. The van der Waals surface area contributed by atoms with Gasteiger partial charge in [-0.25, -0.2) is 15.0 Å². The van der Waals surface area contributed by atoms with Gasteiger partial charge in [-0.3, -0.25) is 0 Å². The maximum atomic E-state index is 10.1. The van der Waals surface area contributed by atoms with Crippen molar-refractivity contribution in [3.05, 3.63) is 24.8 Å². The molecule has 1 aliphatic rings. The van der Waals surface area contributed by atoms with Crippen molar-refractivity contribution in [3.63, 3.8) is 0 Å². The molecule has 0 radical (unpaired) electrons. The van der Waals surface area contributed by atoms with Crippen molar-refractivity contribution >= 4 is 17.0 Å². The van der Waals surface area contributed by atoms with Crippen LogP contribution < -0.4 is 5.73 Å². The number of hydrogen-bond donors (Lipinski definition) is 3. The van der Waals surface area contributed by atoms with Crippen molar-refractivity contribution in [1.82, 2.24) is 19.5 Å². The number of aliphatic hydroxyl groups excluding tert-OH is 2. The first-order chi connectivity index (χ1) is 8.72. The Labute approximate surface area is 103 Å². The van der Waals surface area contributed by atoms with Gasteiger partial charge in [0.05, 0.1) is 25.1 Å². The number of aliphatic hydroxyl groups is 2. The van der Waals surface area contributed by atoms with Crippen LogP contribution >= 0.6 is 0 Å². The molecule has 0 unspecified atom stereocenters. The Morgan fingerprint density at radius 1 is 1.28 bits per heavy atom. The molecule has 1 aliphatic carbocycles. The Morgan fingerprint density at radius 3 is 2.83 bits per heavy atom. The lowest BCUT2D eigenvalue weighted by Gasteiger charge is -2.19. The summed E-state index contributed by atoms with van der Waals surface area (Å²) in [5.74, 6) is 0.0561. The SMILES string of the molecule is Nc1ncnc2c1ncn2[C@H]1C=C[C@@H](CO)[C@@H]1O. The monoisotopic (exact) mass is 247 g/mol. The van der Waals surface area contributed by atoms with Gasteiger partial charge < -0.3 is 20.5 Å². The summed E-state index contributed by atoms with van der Waals surface area (Å²) >= 11 is 0. The van der Waals surface area contributed by atoms with Crippen LogP contribution in [0.2, 0.25) is 0 Å². The summed E-state index contributed by atoms with van der Waals surface area (Å²) in [5.41, 5.74) is 6.81. The molecule has 3 rings (SSSR count). The molecule has 7 heteroatoms. The molecule has 0 saturated heterocycles. The van der Waals surface area contributed by atoms with Gasteiger partial charge in [0.1, 0.15) is 11.8 Å². The largest absolute Gasteiger partial charge is 0.396 e. The second kappa shape index (κ2) is 4.04. The van der Waals surface area contributed by atoms with Crippen molar-refractivity contribution in [2.45, 2.75) is 12.1 Å². The van der Waals surface area contributed by atoms with Gasteiger partial charge in [-0.1, -0.05) is 12.2 Å². The quantitative estimate of drug-likeness (QED) is 0.616. The number of nitrogen functional groups attached to an aromatic ring is 1. The Balaban J connectivity index is 2.06. The summed E-state index contributed by atoms with van der Waals surface area (Å²) in [6, 6.07) is -0.290. The molecule has 0 spiro atoms. The van der Waals surface area contributed by atoms with E-state index in [2.05, 4.69) is 15.0 Å². The van der Waals surface area contributed by atoms with Gasteiger partial charge in [-0.2, -0.15) is 0 Å². The standard InChI is InChI=1S/C11H13N5O2/c12-10-8-11(14-4-13-10)16(5-15-8)7-2-1-6(3-17)9(7)18/h1-2,4-7,9,17-18H,3H2,(H2,12,13,14)/t6-,7-,9-/m0/s1. The number of imidazole rings is 1. The van der Waals surface area contributed by atoms with Gasteiger partial charge in [-0.05, 0) is 0 Å². The number of hydrogen-bond acceptors (Lipinski definition) is 6. The maximum Gasteiger partial charge on any atom is 0.166 e. The van der Waals surface area contributed by atoms with Gasteiger partial charge >= 0.3 is 0 Å². The van der Waals surface area contributed by atoms with Gasteiger partial charge in [0, 0.05) is 5.92 Å². The number of nitrogens with two attached hydrogens (primary N) is 1. The zero-order chi connectivity index (χ0) is 12.7. The summed E-state index contributed by atoms with van der Waals surface area (Å²) in [4.78, 5) is 12.2. The number of nitrogens with zero attached hydrogens (tertiary/aromatic N) is 4. The van der Waals surface area contributed by atoms with E-state index in [1.165, 1.54) is 6.33 Å². The van der Waals surface area contributed by atoms with Crippen LogP contribution in [0.4, 0.5) is 5.82 Å². The lowest BCUT2D eigenvalue weighted by atomic mass is 10.1. The Morgan fingerprint density at radius 2 is 2.11 bits per heavy atom. The molecule has 0 amide bonds. The van der Waals surface area contributed by atoms with Crippen molar-refractivity contribution in [3.8, 4) is 0 Å². The lowest BCUT2D eigenvalue weighted by Crippen LogP contribution is -2.26. The average Bonchev–Trinajstić information content (AvgIpc) is 2.93. The maximum absolute atomic E-state index is 10.1. The molecule has 2 heterocycles. The molecule has 0 aliphatic heterocycles. The zero-order valence-corrected chi connectivity index (χ0v) is 9.51. The minimum absolute atomic E-state index is 0.0854. The van der Waals surface area contributed by atoms with E-state index in [1.807, 2.05) is 6.08 Å². The van der Waals surface area contributed by atoms with Crippen molar-refractivity contribution in [1.29, 1.82) is 0 Å². The minimum atomic E-state index is -0.691. The average molecular weight is 247 g/mol. The molecule has 7 nitrogen and oxygen atoms in total. The first kappa shape index (κ1) is 11.1. The van der Waals surface area contributed by atoms with E-state index < -0.39 is 6.10 Å². The van der Waals surface area contributed by atoms with E-state index in [1.54, 1.807) is 17.0 Å². The summed E-state index contributed by atoms with van der Waals surface area (Å²) in [5, 5.41) is 19.2. The predicted octanol–water partition coefficient (Wildman–Crippen LogP) is -0.511. The fourth-order valence-corrected chi connectivity index (χ4v) is 2.25. The van der Waals surface area contributed by atoms with E-state index in [4.69, 9.17) is 10.8 Å². The summed E-state index contributed by atoms with van der Waals surface area (Å²) in [6.45, 7) is -0.0854. The molecule has 3 atom stereocenters. The molecular weight excluding hydrogens is 234 g/mol. The molecule has 2 aromatic rings. The second-order valence-electron chi connectivity index (χ2n) is 4.30. The van der Waals surface area contributed by atoms with Crippen molar-refractivity contribution in [2.75, 3.05) is 12.3 Å². The van der Waals surface area contributed by atoms with Crippen LogP contribution in [0.25, 0.3) is 11.2 Å². The third kappa shape index (κ3) is 1.48. The van der Waals surface area contributed by atoms with Gasteiger partial charge in [0.2, 0.25) is 0 Å². The zero-order valence-electron chi connectivity index (χ0n) is 9.51. The number of anilines is 1. The van der Waals surface area contributed by atoms with E-state index >= 15 is 0 Å². The fraction of sp³-hybridized carbons (Fsp3) is 0.364. The fourth-order valence-electron chi connectivity index (χ4n) is 2.25. The smallest absolute Gasteiger partial charge is 0.166 e. The van der Waals surface area contributed by atoms with Gasteiger partial charge in [0.15, 0.2) is 11.5 Å². The lowest BCUT2D eigenvalue weighted by molar-refractivity contribution is 0.0755. The van der Waals surface area contributed by atoms with E-state index in [9.17, 15) is 5.11 Å². The van der Waals surface area contributed by atoms with Crippen LogP contribution in [0, 0.1) is 5.92 Å². The Hall–Kier alpha value is -1.99. The molecule has 0 fully saturated rings. The first-order valence-corrected chi connectivity index (χ1v) is 5.62. The molecule has 0 bridgehead atoms. The van der Waals surface area contributed by atoms with Crippen LogP contribution in [-0.4, -0.2) is 42.4 Å². The molecule has 0 saturated carbocycles. The molecule has 94 valence electrons. The third-order valence-electron chi connectivity index (χ3n) is 3.26. The Kier molecular flexibility index (Phi) is 2.49. The van der Waals surface area contributed by atoms with Crippen LogP contribution in [0.1, 0.15) is 6.04 Å². The van der Waals surface area contributed by atoms with Crippen LogP contribution in [0.15, 0.2) is 24.8 Å². The summed E-state index contributed by atoms with van der Waals surface area (Å²) in [6.07, 6.45) is 5.89. The number of aromatic nitrogens is 4. The second-order valence-corrected chi connectivity index (χ2v) is 4.30. The predicted molar refractivity (Wildman–Crippen MR) is 64.5 cm³/mol. The molecule has 4 N–H and O–H groups in total. The molecule has 0 aromatic carbocycles. The topological polar surface area (TPSA) is 110 Å². The third-order valence-corrected chi connectivity index (χ3v) is 3.26. The van der Waals surface area contributed by atoms with Gasteiger partial charge in [-0.15, -0.1) is 0 Å². The highest BCUT2D eigenvalue weighted by molar-refractivity contribution is 5.81. The van der Waals surface area contributed by atoms with Gasteiger partial charge in [0.25, 0.3) is 0 Å². The molecular formula is C11H13N5O2. The Bertz CT molecular complexity index is 608. The summed E-state index contributed by atoms with van der Waals surface area (Å²) < 4.78 is 1.74. The highest BCUT2D eigenvalue weighted by atomic mass is 16.3. The highest BCUT2D eigenvalue weighted by Crippen LogP contribution is 2.30. The molecule has 18 heavy (non-hydrogen) atoms. The van der Waals surface area contributed by atoms with E-state index in [0.29, 0.717) is 17.0 Å².